The molecule has 1 aliphatic heterocycles. The van der Waals surface area contributed by atoms with Crippen molar-refractivity contribution < 1.29 is 0 Å². The molecule has 0 aromatic rings. The second-order valence-electron chi connectivity index (χ2n) is 4.96. The van der Waals surface area contributed by atoms with Crippen LogP contribution in [0.15, 0.2) is 4.99 Å². The molecule has 0 aromatic carbocycles. The minimum Gasteiger partial charge on any atom is -0.370 e. The first-order valence-corrected chi connectivity index (χ1v) is 6.36. The normalized spacial score (nSPS) is 25.4. The topological polar surface area (TPSA) is 41.6 Å². The first kappa shape index (κ1) is 10.8. The van der Waals surface area contributed by atoms with Crippen molar-refractivity contribution in [3.05, 3.63) is 0 Å². The monoisotopic (exact) mass is 209 g/mol. The second kappa shape index (κ2) is 4.42. The molecule has 0 atom stereocenters. The number of nitrogens with zero attached hydrogens (tertiary/aromatic N) is 2. The van der Waals surface area contributed by atoms with Crippen LogP contribution in [0.4, 0.5) is 0 Å². The Morgan fingerprint density at radius 2 is 1.93 bits per heavy atom. The summed E-state index contributed by atoms with van der Waals surface area (Å²) in [6.45, 7) is 4.24. The van der Waals surface area contributed by atoms with Crippen LogP contribution in [0.3, 0.4) is 0 Å². The average Bonchev–Trinajstić information content (AvgIpc) is 2.45. The van der Waals surface area contributed by atoms with Crippen LogP contribution in [0, 0.1) is 0 Å². The number of guanidine groups is 1. The highest BCUT2D eigenvalue weighted by Gasteiger charge is 2.41. The van der Waals surface area contributed by atoms with Crippen LogP contribution in [0.1, 0.15) is 51.9 Å². The Hall–Kier alpha value is -0.730. The summed E-state index contributed by atoms with van der Waals surface area (Å²) in [5.41, 5.74) is 6.30. The maximum Gasteiger partial charge on any atom is 0.191 e. The van der Waals surface area contributed by atoms with E-state index in [2.05, 4.69) is 16.8 Å². The predicted octanol–water partition coefficient (Wildman–Crippen LogP) is 2.12. The number of nitrogens with two attached hydrogens (primary N) is 1. The molecule has 1 fully saturated rings. The van der Waals surface area contributed by atoms with Gasteiger partial charge < -0.3 is 10.6 Å². The lowest BCUT2D eigenvalue weighted by molar-refractivity contribution is 0.175. The van der Waals surface area contributed by atoms with Crippen molar-refractivity contribution >= 4 is 5.96 Å². The molecule has 15 heavy (non-hydrogen) atoms. The summed E-state index contributed by atoms with van der Waals surface area (Å²) >= 11 is 0. The van der Waals surface area contributed by atoms with Gasteiger partial charge in [-0.1, -0.05) is 32.6 Å². The molecule has 2 N–H and O–H groups in total. The molecule has 0 unspecified atom stereocenters. The Morgan fingerprint density at radius 1 is 1.27 bits per heavy atom. The Kier molecular flexibility index (Phi) is 3.17. The van der Waals surface area contributed by atoms with Crippen LogP contribution in [0.25, 0.3) is 0 Å². The first-order chi connectivity index (χ1) is 7.28. The largest absolute Gasteiger partial charge is 0.370 e. The zero-order chi connectivity index (χ0) is 10.7. The number of hydrogen-bond donors (Lipinski definition) is 1. The Morgan fingerprint density at radius 3 is 2.53 bits per heavy atom. The fraction of sp³-hybridized carbons (Fsp3) is 0.917. The lowest BCUT2D eigenvalue weighted by Gasteiger charge is -2.38. The minimum atomic E-state index is 0.302. The minimum absolute atomic E-state index is 0.302. The van der Waals surface area contributed by atoms with Gasteiger partial charge in [0.25, 0.3) is 0 Å². The van der Waals surface area contributed by atoms with Gasteiger partial charge in [0.2, 0.25) is 0 Å². The lowest BCUT2D eigenvalue weighted by Crippen LogP contribution is -2.51. The molecule has 86 valence electrons. The summed E-state index contributed by atoms with van der Waals surface area (Å²) in [7, 11) is 0. The van der Waals surface area contributed by atoms with Crippen molar-refractivity contribution in [2.45, 2.75) is 57.4 Å². The van der Waals surface area contributed by atoms with Gasteiger partial charge in [-0.05, 0) is 19.3 Å². The molecule has 2 aliphatic rings. The quantitative estimate of drug-likeness (QED) is 0.757. The molecule has 2 rings (SSSR count). The van der Waals surface area contributed by atoms with Crippen molar-refractivity contribution in [2.24, 2.45) is 10.7 Å². The lowest BCUT2D eigenvalue weighted by atomic mass is 9.89. The van der Waals surface area contributed by atoms with E-state index in [4.69, 9.17) is 5.73 Å². The fourth-order valence-corrected chi connectivity index (χ4v) is 3.03. The van der Waals surface area contributed by atoms with Crippen molar-refractivity contribution in [1.29, 1.82) is 0 Å². The maximum atomic E-state index is 6.00. The van der Waals surface area contributed by atoms with Crippen LogP contribution in [-0.2, 0) is 0 Å². The van der Waals surface area contributed by atoms with E-state index in [-0.39, 0.29) is 0 Å². The van der Waals surface area contributed by atoms with Crippen molar-refractivity contribution in [1.82, 2.24) is 4.90 Å². The van der Waals surface area contributed by atoms with Gasteiger partial charge in [-0.15, -0.1) is 0 Å². The Balaban J connectivity index is 2.11. The van der Waals surface area contributed by atoms with Gasteiger partial charge in [0.1, 0.15) is 0 Å². The standard InChI is InChI=1S/C12H23N3/c1-2-9-15-11(13)14-10-12(15)7-5-3-4-6-8-12/h2-10H2,1H3,(H2,13,14). The molecule has 1 heterocycles. The third kappa shape index (κ3) is 1.97. The fourth-order valence-electron chi connectivity index (χ4n) is 3.03. The zero-order valence-electron chi connectivity index (χ0n) is 9.84. The van der Waals surface area contributed by atoms with Gasteiger partial charge in [0.15, 0.2) is 5.96 Å². The van der Waals surface area contributed by atoms with Crippen molar-refractivity contribution in [2.75, 3.05) is 13.1 Å². The van der Waals surface area contributed by atoms with Crippen LogP contribution in [0.2, 0.25) is 0 Å². The molecule has 0 aromatic heterocycles. The molecule has 3 nitrogen and oxygen atoms in total. The zero-order valence-corrected chi connectivity index (χ0v) is 9.84. The van der Waals surface area contributed by atoms with Gasteiger partial charge in [0, 0.05) is 6.54 Å². The second-order valence-corrected chi connectivity index (χ2v) is 4.96. The highest BCUT2D eigenvalue weighted by atomic mass is 15.4. The SMILES string of the molecule is CCCN1C(N)=NCC12CCCCCC2. The molecule has 0 bridgehead atoms. The molecule has 3 heteroatoms. The van der Waals surface area contributed by atoms with E-state index in [0.717, 1.165) is 25.5 Å². The molecule has 1 saturated carbocycles. The first-order valence-electron chi connectivity index (χ1n) is 6.36. The van der Waals surface area contributed by atoms with Crippen LogP contribution in [-0.4, -0.2) is 29.5 Å². The van der Waals surface area contributed by atoms with Crippen molar-refractivity contribution in [3.8, 4) is 0 Å². The molecule has 0 saturated heterocycles. The summed E-state index contributed by atoms with van der Waals surface area (Å²) in [4.78, 5) is 6.86. The molecule has 0 amide bonds. The average molecular weight is 209 g/mol. The van der Waals surface area contributed by atoms with Gasteiger partial charge in [-0.3, -0.25) is 4.99 Å². The molecule has 0 radical (unpaired) electrons. The summed E-state index contributed by atoms with van der Waals surface area (Å²) < 4.78 is 0. The highest BCUT2D eigenvalue weighted by Crippen LogP contribution is 2.35. The van der Waals surface area contributed by atoms with Crippen LogP contribution >= 0.6 is 0 Å². The van der Waals surface area contributed by atoms with Crippen LogP contribution < -0.4 is 5.73 Å². The smallest absolute Gasteiger partial charge is 0.191 e. The van der Waals surface area contributed by atoms with E-state index in [1.54, 1.807) is 0 Å². The van der Waals surface area contributed by atoms with Gasteiger partial charge in [0.05, 0.1) is 12.1 Å². The predicted molar refractivity (Wildman–Crippen MR) is 63.9 cm³/mol. The molecule has 1 spiro atoms. The summed E-state index contributed by atoms with van der Waals surface area (Å²) in [6, 6.07) is 0. The number of rotatable bonds is 2. The molecule has 1 aliphatic carbocycles. The van der Waals surface area contributed by atoms with E-state index >= 15 is 0 Å². The Labute approximate surface area is 92.7 Å². The van der Waals surface area contributed by atoms with Crippen molar-refractivity contribution in [3.63, 3.8) is 0 Å². The summed E-state index contributed by atoms with van der Waals surface area (Å²) in [6.07, 6.45) is 9.22. The van der Waals surface area contributed by atoms with E-state index in [9.17, 15) is 0 Å². The van der Waals surface area contributed by atoms with Gasteiger partial charge in [-0.2, -0.15) is 0 Å². The summed E-state index contributed by atoms with van der Waals surface area (Å²) in [5.74, 6) is 0.791. The van der Waals surface area contributed by atoms with E-state index in [1.165, 1.54) is 38.5 Å². The van der Waals surface area contributed by atoms with E-state index in [0.29, 0.717) is 5.54 Å². The van der Waals surface area contributed by atoms with Gasteiger partial charge >= 0.3 is 0 Å². The summed E-state index contributed by atoms with van der Waals surface area (Å²) in [5, 5.41) is 0. The molecular formula is C12H23N3. The van der Waals surface area contributed by atoms with E-state index < -0.39 is 0 Å². The number of aliphatic imine (C=N–C) groups is 1. The van der Waals surface area contributed by atoms with Crippen LogP contribution in [0.5, 0.6) is 0 Å². The maximum absolute atomic E-state index is 6.00. The third-order valence-corrected chi connectivity index (χ3v) is 3.87. The third-order valence-electron chi connectivity index (χ3n) is 3.87. The van der Waals surface area contributed by atoms with E-state index in [1.807, 2.05) is 0 Å². The highest BCUT2D eigenvalue weighted by molar-refractivity contribution is 5.81. The molecular weight excluding hydrogens is 186 g/mol. The number of hydrogen-bond acceptors (Lipinski definition) is 3. The Bertz CT molecular complexity index is 239. The van der Waals surface area contributed by atoms with Gasteiger partial charge in [-0.25, -0.2) is 0 Å².